The lowest BCUT2D eigenvalue weighted by molar-refractivity contribution is -0.145. The van der Waals surface area contributed by atoms with Gasteiger partial charge in [-0.3, -0.25) is 4.79 Å². The van der Waals surface area contributed by atoms with E-state index in [4.69, 9.17) is 16.3 Å². The normalized spacial score (nSPS) is 22.9. The predicted octanol–water partition coefficient (Wildman–Crippen LogP) is 1.03. The average Bonchev–Trinajstić information content (AvgIpc) is 2.88. The van der Waals surface area contributed by atoms with Crippen molar-refractivity contribution in [3.8, 4) is 0 Å². The molecule has 1 atom stereocenters. The fourth-order valence-corrected chi connectivity index (χ4v) is 5.95. The molecule has 25 heavy (non-hydrogen) atoms. The Morgan fingerprint density at radius 2 is 2.08 bits per heavy atom. The quantitative estimate of drug-likeness (QED) is 0.775. The van der Waals surface area contributed by atoms with Crippen molar-refractivity contribution in [2.45, 2.75) is 16.7 Å². The maximum Gasteiger partial charge on any atom is 0.253 e. The van der Waals surface area contributed by atoms with Gasteiger partial charge in [0.2, 0.25) is 0 Å². The van der Waals surface area contributed by atoms with E-state index < -0.39 is 16.1 Å². The third-order valence-corrected chi connectivity index (χ3v) is 7.71. The number of thiophene rings is 1. The van der Waals surface area contributed by atoms with Gasteiger partial charge in [-0.2, -0.15) is 4.31 Å². The van der Waals surface area contributed by atoms with E-state index in [0.717, 1.165) is 17.9 Å². The Bertz CT molecular complexity index is 692. The van der Waals surface area contributed by atoms with Crippen LogP contribution in [0.4, 0.5) is 0 Å². The molecule has 0 saturated carbocycles. The predicted molar refractivity (Wildman–Crippen MR) is 99.1 cm³/mol. The third-order valence-electron chi connectivity index (χ3n) is 4.11. The molecule has 0 aliphatic carbocycles. The number of hydrogen-bond acceptors (Lipinski definition) is 6. The van der Waals surface area contributed by atoms with Crippen LogP contribution in [0.15, 0.2) is 16.3 Å². The maximum atomic E-state index is 12.7. The van der Waals surface area contributed by atoms with Gasteiger partial charge in [0, 0.05) is 39.3 Å². The van der Waals surface area contributed by atoms with Crippen molar-refractivity contribution in [2.24, 2.45) is 0 Å². The molecule has 0 bridgehead atoms. The van der Waals surface area contributed by atoms with Crippen molar-refractivity contribution in [1.29, 1.82) is 0 Å². The van der Waals surface area contributed by atoms with Crippen LogP contribution in [0.1, 0.15) is 6.42 Å². The van der Waals surface area contributed by atoms with E-state index >= 15 is 0 Å². The van der Waals surface area contributed by atoms with Gasteiger partial charge in [-0.15, -0.1) is 23.7 Å². The summed E-state index contributed by atoms with van der Waals surface area (Å²) in [5.74, 6) is -0.0689. The Balaban J connectivity index is 0.00000225. The first-order chi connectivity index (χ1) is 11.5. The molecule has 7 nitrogen and oxygen atoms in total. The van der Waals surface area contributed by atoms with E-state index in [2.05, 4.69) is 5.32 Å². The molecule has 1 aromatic rings. The Labute approximate surface area is 162 Å². The van der Waals surface area contributed by atoms with E-state index in [-0.39, 0.29) is 29.1 Å². The molecule has 2 fully saturated rings. The van der Waals surface area contributed by atoms with Crippen LogP contribution in [-0.2, 0) is 19.6 Å². The van der Waals surface area contributed by atoms with Gasteiger partial charge in [0.1, 0.15) is 10.3 Å². The summed E-state index contributed by atoms with van der Waals surface area (Å²) in [5, 5.41) is 3.14. The highest BCUT2D eigenvalue weighted by molar-refractivity contribution is 7.91. The molecule has 2 aliphatic heterocycles. The van der Waals surface area contributed by atoms with Crippen LogP contribution in [0.2, 0.25) is 4.34 Å². The minimum Gasteiger partial charge on any atom is -0.366 e. The van der Waals surface area contributed by atoms with Crippen molar-refractivity contribution >= 4 is 51.3 Å². The van der Waals surface area contributed by atoms with E-state index in [1.165, 1.54) is 10.4 Å². The molecule has 2 aliphatic rings. The van der Waals surface area contributed by atoms with Crippen molar-refractivity contribution in [3.63, 3.8) is 0 Å². The lowest BCUT2D eigenvalue weighted by Gasteiger charge is -2.29. The van der Waals surface area contributed by atoms with Crippen LogP contribution in [0.25, 0.3) is 0 Å². The number of halogens is 2. The number of carbonyl (C=O) groups excluding carboxylic acids is 1. The summed E-state index contributed by atoms with van der Waals surface area (Å²) in [7, 11) is -3.55. The van der Waals surface area contributed by atoms with Gasteiger partial charge in [0.05, 0.1) is 10.9 Å². The molecule has 3 rings (SSSR count). The Morgan fingerprint density at radius 1 is 1.28 bits per heavy atom. The molecule has 3 heterocycles. The van der Waals surface area contributed by atoms with Crippen LogP contribution >= 0.6 is 35.3 Å². The fourth-order valence-electron chi connectivity index (χ4n) is 2.85. The van der Waals surface area contributed by atoms with Gasteiger partial charge in [0.25, 0.3) is 15.9 Å². The standard InChI is InChI=1S/C14H20ClN3O4S2.ClH/c15-12-2-3-13(23-12)24(20,21)18-6-1-5-17(7-8-18)14(19)11-10-16-4-9-22-11;/h2-3,11,16H,1,4-10H2;1H. The number of nitrogens with zero attached hydrogens (tertiary/aromatic N) is 2. The van der Waals surface area contributed by atoms with E-state index in [0.29, 0.717) is 43.5 Å². The highest BCUT2D eigenvalue weighted by atomic mass is 35.5. The number of amides is 1. The number of nitrogens with one attached hydrogen (secondary N) is 1. The second-order valence-electron chi connectivity index (χ2n) is 5.71. The summed E-state index contributed by atoms with van der Waals surface area (Å²) >= 11 is 6.90. The van der Waals surface area contributed by atoms with Crippen LogP contribution in [0.3, 0.4) is 0 Å². The topological polar surface area (TPSA) is 79.0 Å². The minimum absolute atomic E-state index is 0. The molecular weight excluding hydrogens is 409 g/mol. The van der Waals surface area contributed by atoms with Crippen LogP contribution < -0.4 is 5.32 Å². The highest BCUT2D eigenvalue weighted by Gasteiger charge is 2.32. The van der Waals surface area contributed by atoms with Gasteiger partial charge in [-0.05, 0) is 18.6 Å². The van der Waals surface area contributed by atoms with Crippen LogP contribution in [-0.4, -0.2) is 75.5 Å². The van der Waals surface area contributed by atoms with Crippen LogP contribution in [0, 0.1) is 0 Å². The molecule has 1 N–H and O–H groups in total. The number of sulfonamides is 1. The Hall–Kier alpha value is -0.420. The second kappa shape index (κ2) is 8.98. The number of hydrogen-bond donors (Lipinski definition) is 1. The first-order valence-electron chi connectivity index (χ1n) is 7.85. The fraction of sp³-hybridized carbons (Fsp3) is 0.643. The molecule has 11 heteroatoms. The monoisotopic (exact) mass is 429 g/mol. The first-order valence-corrected chi connectivity index (χ1v) is 10.5. The first kappa shape index (κ1) is 20.9. The molecule has 0 aromatic carbocycles. The summed E-state index contributed by atoms with van der Waals surface area (Å²) in [4.78, 5) is 14.2. The largest absolute Gasteiger partial charge is 0.366 e. The number of morpholine rings is 1. The van der Waals surface area contributed by atoms with E-state index in [1.54, 1.807) is 11.0 Å². The van der Waals surface area contributed by atoms with Gasteiger partial charge < -0.3 is 15.0 Å². The molecular formula is C14H21Cl2N3O4S2. The van der Waals surface area contributed by atoms with Gasteiger partial charge >= 0.3 is 0 Å². The molecule has 0 radical (unpaired) electrons. The van der Waals surface area contributed by atoms with Gasteiger partial charge in [-0.25, -0.2) is 8.42 Å². The number of ether oxygens (including phenoxy) is 1. The zero-order valence-corrected chi connectivity index (χ0v) is 16.7. The molecule has 2 saturated heterocycles. The molecule has 1 aromatic heterocycles. The molecule has 1 unspecified atom stereocenters. The molecule has 0 spiro atoms. The Kier molecular flexibility index (Phi) is 7.51. The maximum absolute atomic E-state index is 12.7. The third kappa shape index (κ3) is 4.85. The zero-order chi connectivity index (χ0) is 17.2. The molecule has 142 valence electrons. The lowest BCUT2D eigenvalue weighted by Crippen LogP contribution is -2.50. The second-order valence-corrected chi connectivity index (χ2v) is 9.58. The van der Waals surface area contributed by atoms with Crippen molar-refractivity contribution < 1.29 is 17.9 Å². The minimum atomic E-state index is -3.55. The average molecular weight is 430 g/mol. The summed E-state index contributed by atoms with van der Waals surface area (Å²) < 4.78 is 33.0. The number of rotatable bonds is 3. The van der Waals surface area contributed by atoms with Crippen molar-refractivity contribution in [3.05, 3.63) is 16.5 Å². The summed E-state index contributed by atoms with van der Waals surface area (Å²) in [6, 6.07) is 3.11. The smallest absolute Gasteiger partial charge is 0.253 e. The zero-order valence-electron chi connectivity index (χ0n) is 13.5. The summed E-state index contributed by atoms with van der Waals surface area (Å²) in [6.07, 6.45) is 0.127. The van der Waals surface area contributed by atoms with E-state index in [9.17, 15) is 13.2 Å². The summed E-state index contributed by atoms with van der Waals surface area (Å²) in [6.45, 7) is 3.36. The van der Waals surface area contributed by atoms with Crippen molar-refractivity contribution in [2.75, 3.05) is 45.9 Å². The van der Waals surface area contributed by atoms with Crippen LogP contribution in [0.5, 0.6) is 0 Å². The SMILES string of the molecule is Cl.O=C(C1CNCCO1)N1CCCN(S(=O)(=O)c2ccc(Cl)s2)CC1. The Morgan fingerprint density at radius 3 is 2.72 bits per heavy atom. The lowest BCUT2D eigenvalue weighted by atomic mass is 10.2. The summed E-state index contributed by atoms with van der Waals surface area (Å²) in [5.41, 5.74) is 0. The highest BCUT2D eigenvalue weighted by Crippen LogP contribution is 2.28. The van der Waals surface area contributed by atoms with Gasteiger partial charge in [0.15, 0.2) is 0 Å². The van der Waals surface area contributed by atoms with Gasteiger partial charge in [-0.1, -0.05) is 11.6 Å². The molecule has 1 amide bonds. The number of carbonyl (C=O) groups is 1. The van der Waals surface area contributed by atoms with Crippen molar-refractivity contribution in [1.82, 2.24) is 14.5 Å². The van der Waals surface area contributed by atoms with E-state index in [1.807, 2.05) is 0 Å².